The first-order valence-corrected chi connectivity index (χ1v) is 13.5. The van der Waals surface area contributed by atoms with Gasteiger partial charge in [0.05, 0.1) is 30.5 Å². The van der Waals surface area contributed by atoms with Crippen LogP contribution in [-0.2, 0) is 9.47 Å². The van der Waals surface area contributed by atoms with Gasteiger partial charge >= 0.3 is 0 Å². The third kappa shape index (κ3) is 5.78. The predicted octanol–water partition coefficient (Wildman–Crippen LogP) is 5.90. The molecule has 2 aliphatic rings. The summed E-state index contributed by atoms with van der Waals surface area (Å²) in [5.74, 6) is -0.321. The van der Waals surface area contributed by atoms with Gasteiger partial charge < -0.3 is 20.1 Å². The Balaban J connectivity index is 1.42. The number of ether oxygens (including phenoxy) is 2. The molecule has 8 nitrogen and oxygen atoms in total. The average Bonchev–Trinajstić information content (AvgIpc) is 3.51. The van der Waals surface area contributed by atoms with Crippen molar-refractivity contribution in [2.24, 2.45) is 0 Å². The van der Waals surface area contributed by atoms with Gasteiger partial charge in [0.15, 0.2) is 5.79 Å². The van der Waals surface area contributed by atoms with Crippen LogP contribution < -0.4 is 10.6 Å². The highest BCUT2D eigenvalue weighted by Crippen LogP contribution is 2.43. The summed E-state index contributed by atoms with van der Waals surface area (Å²) in [5.41, 5.74) is 2.65. The highest BCUT2D eigenvalue weighted by atomic mass is 19.1. The van der Waals surface area contributed by atoms with Crippen molar-refractivity contribution in [2.45, 2.75) is 83.0 Å². The van der Waals surface area contributed by atoms with Crippen LogP contribution in [0, 0.1) is 5.82 Å². The van der Waals surface area contributed by atoms with E-state index < -0.39 is 5.79 Å². The van der Waals surface area contributed by atoms with Crippen molar-refractivity contribution in [3.63, 3.8) is 0 Å². The number of carbonyl (C=O) groups excluding carboxylic acids is 1. The lowest BCUT2D eigenvalue weighted by Crippen LogP contribution is -2.34. The fourth-order valence-electron chi connectivity index (χ4n) is 5.42. The van der Waals surface area contributed by atoms with E-state index >= 15 is 0 Å². The van der Waals surface area contributed by atoms with Crippen LogP contribution in [-0.4, -0.2) is 45.5 Å². The number of nitrogens with one attached hydrogen (secondary N) is 2. The summed E-state index contributed by atoms with van der Waals surface area (Å²) in [4.78, 5) is 17.8. The SMILES string of the molecule is CCCCC[C@H](C)Nc1ncc2c(C(=O)Nc3ccc(F)cc3)cc(C3CCC4(CC3)OCCO4)n2n1. The first kappa shape index (κ1) is 25.6. The van der Waals surface area contributed by atoms with Crippen molar-refractivity contribution in [1.82, 2.24) is 14.6 Å². The van der Waals surface area contributed by atoms with Crippen molar-refractivity contribution in [3.05, 3.63) is 53.6 Å². The second-order valence-electron chi connectivity index (χ2n) is 10.2. The van der Waals surface area contributed by atoms with Crippen LogP contribution in [0.5, 0.6) is 0 Å². The first-order chi connectivity index (χ1) is 18.0. The van der Waals surface area contributed by atoms with Crippen molar-refractivity contribution < 1.29 is 18.7 Å². The number of rotatable bonds is 9. The van der Waals surface area contributed by atoms with Gasteiger partial charge in [0, 0.05) is 36.2 Å². The second-order valence-corrected chi connectivity index (χ2v) is 10.2. The number of carbonyl (C=O) groups is 1. The lowest BCUT2D eigenvalue weighted by atomic mass is 9.83. The van der Waals surface area contributed by atoms with Gasteiger partial charge in [-0.3, -0.25) is 4.79 Å². The highest BCUT2D eigenvalue weighted by molar-refractivity contribution is 6.09. The van der Waals surface area contributed by atoms with Crippen molar-refractivity contribution in [1.29, 1.82) is 0 Å². The van der Waals surface area contributed by atoms with E-state index in [4.69, 9.17) is 14.6 Å². The number of unbranched alkanes of at least 4 members (excludes halogenated alkanes) is 2. The van der Waals surface area contributed by atoms with Gasteiger partial charge in [-0.2, -0.15) is 0 Å². The summed E-state index contributed by atoms with van der Waals surface area (Å²) in [5, 5.41) is 11.1. The number of benzene rings is 1. The number of hydrogen-bond acceptors (Lipinski definition) is 6. The average molecular weight is 510 g/mol. The molecule has 1 saturated heterocycles. The largest absolute Gasteiger partial charge is 0.351 e. The minimum atomic E-state index is -0.456. The maximum atomic E-state index is 13.3. The lowest BCUT2D eigenvalue weighted by molar-refractivity contribution is -0.179. The van der Waals surface area contributed by atoms with Gasteiger partial charge in [-0.1, -0.05) is 26.2 Å². The summed E-state index contributed by atoms with van der Waals surface area (Å²) in [6.45, 7) is 5.63. The summed E-state index contributed by atoms with van der Waals surface area (Å²) in [6, 6.07) is 7.92. The van der Waals surface area contributed by atoms with Gasteiger partial charge in [0.25, 0.3) is 5.91 Å². The molecule has 1 spiro atoms. The van der Waals surface area contributed by atoms with Gasteiger partial charge in [0.2, 0.25) is 5.95 Å². The topological polar surface area (TPSA) is 89.8 Å². The van der Waals surface area contributed by atoms with E-state index in [1.807, 2.05) is 10.6 Å². The summed E-state index contributed by atoms with van der Waals surface area (Å²) < 4.78 is 27.0. The molecule has 5 rings (SSSR count). The number of anilines is 2. The Kier molecular flexibility index (Phi) is 7.71. The normalized spacial score (nSPS) is 18.4. The highest BCUT2D eigenvalue weighted by Gasteiger charge is 2.41. The molecule has 1 aromatic carbocycles. The Morgan fingerprint density at radius 2 is 1.92 bits per heavy atom. The molecule has 2 N–H and O–H groups in total. The smallest absolute Gasteiger partial charge is 0.257 e. The van der Waals surface area contributed by atoms with Crippen LogP contribution in [0.15, 0.2) is 36.5 Å². The molecule has 37 heavy (non-hydrogen) atoms. The van der Waals surface area contributed by atoms with E-state index in [0.29, 0.717) is 35.9 Å². The quantitative estimate of drug-likeness (QED) is 0.349. The van der Waals surface area contributed by atoms with Crippen LogP contribution in [0.4, 0.5) is 16.0 Å². The molecule has 2 aromatic heterocycles. The Morgan fingerprint density at radius 3 is 2.62 bits per heavy atom. The monoisotopic (exact) mass is 509 g/mol. The van der Waals surface area contributed by atoms with Crippen LogP contribution in [0.3, 0.4) is 0 Å². The number of halogens is 1. The van der Waals surface area contributed by atoms with Crippen LogP contribution in [0.25, 0.3) is 5.52 Å². The first-order valence-electron chi connectivity index (χ1n) is 13.5. The number of hydrogen-bond donors (Lipinski definition) is 2. The van der Waals surface area contributed by atoms with E-state index in [1.54, 1.807) is 18.3 Å². The van der Waals surface area contributed by atoms with Gasteiger partial charge in [-0.15, -0.1) is 5.10 Å². The molecule has 1 aliphatic carbocycles. The molecule has 1 amide bonds. The molecular weight excluding hydrogens is 473 g/mol. The zero-order valence-corrected chi connectivity index (χ0v) is 21.6. The molecule has 1 atom stereocenters. The minimum Gasteiger partial charge on any atom is -0.351 e. The van der Waals surface area contributed by atoms with Crippen LogP contribution >= 0.6 is 0 Å². The molecular formula is C28H36FN5O3. The summed E-state index contributed by atoms with van der Waals surface area (Å²) >= 11 is 0. The maximum Gasteiger partial charge on any atom is 0.257 e. The van der Waals surface area contributed by atoms with Crippen molar-refractivity contribution in [3.8, 4) is 0 Å². The molecule has 0 radical (unpaired) electrons. The Labute approximate surface area is 216 Å². The number of aromatic nitrogens is 3. The standard InChI is InChI=1S/C28H36FN5O3/c1-3-4-5-6-19(2)31-27-30-18-25-23(26(35)32-22-9-7-21(29)8-10-22)17-24(34(25)33-27)20-11-13-28(14-12-20)36-15-16-37-28/h7-10,17-20H,3-6,11-16H2,1-2H3,(H,31,33)(H,32,35)/t19-/m0/s1. The molecule has 9 heteroatoms. The predicted molar refractivity (Wildman–Crippen MR) is 140 cm³/mol. The van der Waals surface area contributed by atoms with Crippen molar-refractivity contribution >= 4 is 23.1 Å². The minimum absolute atomic E-state index is 0.211. The summed E-state index contributed by atoms with van der Waals surface area (Å²) in [6.07, 6.45) is 9.69. The zero-order chi connectivity index (χ0) is 25.8. The Hall–Kier alpha value is -3.04. The van der Waals surface area contributed by atoms with Gasteiger partial charge in [-0.25, -0.2) is 13.9 Å². The van der Waals surface area contributed by atoms with Crippen molar-refractivity contribution in [2.75, 3.05) is 23.8 Å². The molecule has 0 unspecified atom stereocenters. The fraction of sp³-hybridized carbons (Fsp3) is 0.536. The Morgan fingerprint density at radius 1 is 1.19 bits per heavy atom. The van der Waals surface area contributed by atoms with E-state index in [0.717, 1.165) is 44.2 Å². The Bertz CT molecular complexity index is 1210. The molecule has 0 bridgehead atoms. The third-order valence-electron chi connectivity index (χ3n) is 7.49. The molecule has 3 aromatic rings. The third-order valence-corrected chi connectivity index (χ3v) is 7.49. The number of amides is 1. The molecule has 3 heterocycles. The molecule has 1 saturated carbocycles. The van der Waals surface area contributed by atoms with E-state index in [2.05, 4.69) is 29.5 Å². The summed E-state index contributed by atoms with van der Waals surface area (Å²) in [7, 11) is 0. The van der Waals surface area contributed by atoms with Gasteiger partial charge in [0.1, 0.15) is 5.82 Å². The fourth-order valence-corrected chi connectivity index (χ4v) is 5.42. The van der Waals surface area contributed by atoms with E-state index in [9.17, 15) is 9.18 Å². The van der Waals surface area contributed by atoms with E-state index in [1.165, 1.54) is 25.0 Å². The molecule has 198 valence electrons. The number of fused-ring (bicyclic) bond motifs is 1. The van der Waals surface area contributed by atoms with Gasteiger partial charge in [-0.05, 0) is 56.5 Å². The lowest BCUT2D eigenvalue weighted by Gasteiger charge is -2.35. The number of nitrogens with zero attached hydrogens (tertiary/aromatic N) is 3. The molecule has 1 aliphatic heterocycles. The van der Waals surface area contributed by atoms with Crippen LogP contribution in [0.2, 0.25) is 0 Å². The van der Waals surface area contributed by atoms with Crippen LogP contribution in [0.1, 0.15) is 87.2 Å². The second kappa shape index (κ2) is 11.1. The van der Waals surface area contributed by atoms with E-state index in [-0.39, 0.29) is 23.7 Å². The maximum absolute atomic E-state index is 13.3. The molecule has 2 fully saturated rings. The zero-order valence-electron chi connectivity index (χ0n) is 21.6.